The van der Waals surface area contributed by atoms with Gasteiger partial charge >= 0.3 is 0 Å². The van der Waals surface area contributed by atoms with E-state index >= 15 is 0 Å². The van der Waals surface area contributed by atoms with Gasteiger partial charge in [0, 0.05) is 7.11 Å². The standard InChI is InChI=1S/C13H26O4/c1-7-10(2)8-12(13(4,5)14)17-9-16-11(3)15-6/h11-12,14H,2,7-9H2,1,3-6H3. The van der Waals surface area contributed by atoms with Gasteiger partial charge in [-0.15, -0.1) is 0 Å². The molecule has 0 aliphatic rings. The highest BCUT2D eigenvalue weighted by atomic mass is 16.7. The molecule has 0 saturated heterocycles. The van der Waals surface area contributed by atoms with Crippen LogP contribution >= 0.6 is 0 Å². The molecule has 102 valence electrons. The van der Waals surface area contributed by atoms with Crippen molar-refractivity contribution in [2.24, 2.45) is 0 Å². The van der Waals surface area contributed by atoms with E-state index < -0.39 is 5.60 Å². The largest absolute Gasteiger partial charge is 0.388 e. The monoisotopic (exact) mass is 246 g/mol. The molecule has 0 heterocycles. The first kappa shape index (κ1) is 16.6. The quantitative estimate of drug-likeness (QED) is 0.501. The summed E-state index contributed by atoms with van der Waals surface area (Å²) in [4.78, 5) is 0. The van der Waals surface area contributed by atoms with Gasteiger partial charge in [0.1, 0.15) is 6.79 Å². The molecule has 0 aliphatic carbocycles. The van der Waals surface area contributed by atoms with Crippen LogP contribution in [-0.2, 0) is 14.2 Å². The minimum absolute atomic E-state index is 0.0979. The van der Waals surface area contributed by atoms with Crippen molar-refractivity contribution in [3.8, 4) is 0 Å². The van der Waals surface area contributed by atoms with Crippen LogP contribution in [0, 0.1) is 0 Å². The summed E-state index contributed by atoms with van der Waals surface area (Å²) in [6, 6.07) is 0. The molecule has 0 rings (SSSR count). The van der Waals surface area contributed by atoms with E-state index in [2.05, 4.69) is 6.58 Å². The number of methoxy groups -OCH3 is 1. The Morgan fingerprint density at radius 3 is 2.35 bits per heavy atom. The van der Waals surface area contributed by atoms with Crippen molar-refractivity contribution in [1.29, 1.82) is 0 Å². The first-order chi connectivity index (χ1) is 7.81. The first-order valence-electron chi connectivity index (χ1n) is 5.96. The summed E-state index contributed by atoms with van der Waals surface area (Å²) in [5.74, 6) is 0. The van der Waals surface area contributed by atoms with Crippen LogP contribution in [0.25, 0.3) is 0 Å². The SMILES string of the molecule is C=C(CC)CC(OCOC(C)OC)C(C)(C)O. The van der Waals surface area contributed by atoms with Gasteiger partial charge in [0.15, 0.2) is 6.29 Å². The third kappa shape index (κ3) is 7.49. The summed E-state index contributed by atoms with van der Waals surface area (Å²) in [5, 5.41) is 9.99. The van der Waals surface area contributed by atoms with Gasteiger partial charge in [-0.05, 0) is 33.6 Å². The normalized spacial score (nSPS) is 15.6. The Morgan fingerprint density at radius 2 is 1.94 bits per heavy atom. The van der Waals surface area contributed by atoms with Crippen molar-refractivity contribution in [3.05, 3.63) is 12.2 Å². The van der Waals surface area contributed by atoms with Crippen molar-refractivity contribution in [2.75, 3.05) is 13.9 Å². The van der Waals surface area contributed by atoms with Gasteiger partial charge in [0.2, 0.25) is 0 Å². The molecular weight excluding hydrogens is 220 g/mol. The zero-order valence-electron chi connectivity index (χ0n) is 11.7. The maximum atomic E-state index is 9.99. The summed E-state index contributed by atoms with van der Waals surface area (Å²) < 4.78 is 15.7. The molecule has 0 amide bonds. The minimum atomic E-state index is -0.919. The number of aliphatic hydroxyl groups is 1. The second kappa shape index (κ2) is 7.82. The zero-order valence-corrected chi connectivity index (χ0v) is 11.7. The second-order valence-electron chi connectivity index (χ2n) is 4.70. The molecule has 2 atom stereocenters. The highest BCUT2D eigenvalue weighted by Gasteiger charge is 2.28. The molecule has 0 fully saturated rings. The maximum absolute atomic E-state index is 9.99. The fourth-order valence-electron chi connectivity index (χ4n) is 1.20. The Balaban J connectivity index is 4.17. The molecular formula is C13H26O4. The predicted octanol–water partition coefficient (Wildman–Crippen LogP) is 2.47. The van der Waals surface area contributed by atoms with Crippen LogP contribution in [0.5, 0.6) is 0 Å². The average Bonchev–Trinajstić information content (AvgIpc) is 2.25. The van der Waals surface area contributed by atoms with Gasteiger partial charge in [0.05, 0.1) is 11.7 Å². The van der Waals surface area contributed by atoms with Crippen LogP contribution < -0.4 is 0 Å². The van der Waals surface area contributed by atoms with Gasteiger partial charge in [-0.3, -0.25) is 0 Å². The van der Waals surface area contributed by atoms with Crippen molar-refractivity contribution in [2.45, 2.75) is 58.5 Å². The van der Waals surface area contributed by atoms with E-state index in [1.807, 2.05) is 6.92 Å². The first-order valence-corrected chi connectivity index (χ1v) is 5.96. The number of hydrogen-bond donors (Lipinski definition) is 1. The topological polar surface area (TPSA) is 47.9 Å². The molecule has 0 aromatic rings. The molecule has 4 nitrogen and oxygen atoms in total. The summed E-state index contributed by atoms with van der Waals surface area (Å²) in [5.41, 5.74) is 0.134. The number of hydrogen-bond acceptors (Lipinski definition) is 4. The van der Waals surface area contributed by atoms with Crippen LogP contribution in [0.3, 0.4) is 0 Å². The molecule has 0 aromatic heterocycles. The Morgan fingerprint density at radius 1 is 1.35 bits per heavy atom. The number of ether oxygens (including phenoxy) is 3. The highest BCUT2D eigenvalue weighted by Crippen LogP contribution is 2.21. The Labute approximate surface area is 105 Å². The van der Waals surface area contributed by atoms with Gasteiger partial charge in [-0.2, -0.15) is 0 Å². The van der Waals surface area contributed by atoms with Crippen LogP contribution in [0.1, 0.15) is 40.5 Å². The maximum Gasteiger partial charge on any atom is 0.157 e. The van der Waals surface area contributed by atoms with E-state index in [-0.39, 0.29) is 19.2 Å². The van der Waals surface area contributed by atoms with E-state index in [1.54, 1.807) is 27.9 Å². The molecule has 0 spiro atoms. The van der Waals surface area contributed by atoms with Gasteiger partial charge in [-0.1, -0.05) is 19.1 Å². The fourth-order valence-corrected chi connectivity index (χ4v) is 1.20. The van der Waals surface area contributed by atoms with Crippen molar-refractivity contribution < 1.29 is 19.3 Å². The fraction of sp³-hybridized carbons (Fsp3) is 0.846. The van der Waals surface area contributed by atoms with Crippen molar-refractivity contribution >= 4 is 0 Å². The van der Waals surface area contributed by atoms with Gasteiger partial charge in [0.25, 0.3) is 0 Å². The Bertz CT molecular complexity index is 220. The lowest BCUT2D eigenvalue weighted by Crippen LogP contribution is -2.39. The Hall–Kier alpha value is -0.420. The minimum Gasteiger partial charge on any atom is -0.388 e. The van der Waals surface area contributed by atoms with E-state index in [0.29, 0.717) is 6.42 Å². The zero-order chi connectivity index (χ0) is 13.5. The summed E-state index contributed by atoms with van der Waals surface area (Å²) in [6.07, 6.45) is 0.876. The second-order valence-corrected chi connectivity index (χ2v) is 4.70. The predicted molar refractivity (Wildman–Crippen MR) is 67.6 cm³/mol. The van der Waals surface area contributed by atoms with Crippen molar-refractivity contribution in [1.82, 2.24) is 0 Å². The smallest absolute Gasteiger partial charge is 0.157 e. The lowest BCUT2D eigenvalue weighted by atomic mass is 9.95. The third-order valence-electron chi connectivity index (χ3n) is 2.67. The van der Waals surface area contributed by atoms with Crippen molar-refractivity contribution in [3.63, 3.8) is 0 Å². The van der Waals surface area contributed by atoms with E-state index in [4.69, 9.17) is 14.2 Å². The third-order valence-corrected chi connectivity index (χ3v) is 2.67. The van der Waals surface area contributed by atoms with Gasteiger partial charge < -0.3 is 19.3 Å². The molecule has 0 radical (unpaired) electrons. The van der Waals surface area contributed by atoms with Crippen LogP contribution in [0.15, 0.2) is 12.2 Å². The molecule has 0 saturated carbocycles. The average molecular weight is 246 g/mol. The lowest BCUT2D eigenvalue weighted by Gasteiger charge is -2.30. The highest BCUT2D eigenvalue weighted by molar-refractivity contribution is 4.98. The summed E-state index contributed by atoms with van der Waals surface area (Å²) in [6.45, 7) is 11.3. The van der Waals surface area contributed by atoms with Crippen LogP contribution in [-0.4, -0.2) is 37.0 Å². The van der Waals surface area contributed by atoms with E-state index in [9.17, 15) is 5.11 Å². The molecule has 0 aliphatic heterocycles. The van der Waals surface area contributed by atoms with E-state index in [1.165, 1.54) is 0 Å². The molecule has 17 heavy (non-hydrogen) atoms. The lowest BCUT2D eigenvalue weighted by molar-refractivity contribution is -0.209. The molecule has 0 bridgehead atoms. The molecule has 0 aromatic carbocycles. The van der Waals surface area contributed by atoms with Gasteiger partial charge in [-0.25, -0.2) is 0 Å². The Kier molecular flexibility index (Phi) is 7.63. The molecule has 1 N–H and O–H groups in total. The van der Waals surface area contributed by atoms with Crippen LogP contribution in [0.4, 0.5) is 0 Å². The summed E-state index contributed by atoms with van der Waals surface area (Å²) >= 11 is 0. The van der Waals surface area contributed by atoms with Crippen LogP contribution in [0.2, 0.25) is 0 Å². The molecule has 4 heteroatoms. The van der Waals surface area contributed by atoms with E-state index in [0.717, 1.165) is 12.0 Å². The number of rotatable bonds is 9. The molecule has 2 unspecified atom stereocenters. The summed E-state index contributed by atoms with van der Waals surface area (Å²) in [7, 11) is 1.57.